The molecule has 2 aliphatic rings. The molecule has 3 atom stereocenters. The molecular weight excluding hydrogens is 425 g/mol. The van der Waals surface area contributed by atoms with Crippen molar-refractivity contribution in [1.29, 1.82) is 0 Å². The standard InChI is InChI=1S/C25H30FN3O4/c1-27-25(31)20-13-17(24(30)29-9-5-8-18-15-28-10-11-32-18)12-19-22(16-6-3-2-4-7-16)21(14-26)33-23(19)20/h2-4,6-7,12-13,18,21-22,28H,5,8-11,14-15H2,1H3,(H,27,31)(H,29,30)/t18-,21?,22?/m1/s1. The topological polar surface area (TPSA) is 88.7 Å². The van der Waals surface area contributed by atoms with Gasteiger partial charge in [-0.05, 0) is 30.5 Å². The number of alkyl halides is 1. The summed E-state index contributed by atoms with van der Waals surface area (Å²) < 4.78 is 25.5. The van der Waals surface area contributed by atoms with E-state index in [1.54, 1.807) is 6.07 Å². The van der Waals surface area contributed by atoms with Crippen LogP contribution in [-0.4, -0.2) is 64.0 Å². The van der Waals surface area contributed by atoms with Crippen molar-refractivity contribution in [2.75, 3.05) is 40.0 Å². The van der Waals surface area contributed by atoms with Crippen LogP contribution in [0, 0.1) is 0 Å². The summed E-state index contributed by atoms with van der Waals surface area (Å²) in [7, 11) is 1.51. The van der Waals surface area contributed by atoms with Gasteiger partial charge >= 0.3 is 0 Å². The fourth-order valence-electron chi connectivity index (χ4n) is 4.48. The Morgan fingerprint density at radius 3 is 2.70 bits per heavy atom. The van der Waals surface area contributed by atoms with Crippen LogP contribution in [0.5, 0.6) is 5.75 Å². The molecule has 0 spiro atoms. The second kappa shape index (κ2) is 10.8. The van der Waals surface area contributed by atoms with Gasteiger partial charge in [-0.1, -0.05) is 30.3 Å². The first-order valence-corrected chi connectivity index (χ1v) is 11.4. The summed E-state index contributed by atoms with van der Waals surface area (Å²) in [6, 6.07) is 12.7. The molecule has 2 unspecified atom stereocenters. The van der Waals surface area contributed by atoms with Gasteiger partial charge < -0.3 is 25.4 Å². The summed E-state index contributed by atoms with van der Waals surface area (Å²) in [5.41, 5.74) is 2.11. The van der Waals surface area contributed by atoms with Crippen LogP contribution < -0.4 is 20.7 Å². The first-order chi connectivity index (χ1) is 16.1. The minimum absolute atomic E-state index is 0.164. The van der Waals surface area contributed by atoms with Gasteiger partial charge in [0.15, 0.2) is 0 Å². The van der Waals surface area contributed by atoms with E-state index in [1.165, 1.54) is 13.1 Å². The summed E-state index contributed by atoms with van der Waals surface area (Å²) in [5.74, 6) is -0.724. The summed E-state index contributed by atoms with van der Waals surface area (Å²) in [5, 5.41) is 8.81. The lowest BCUT2D eigenvalue weighted by atomic mass is 9.86. The maximum atomic E-state index is 13.9. The highest BCUT2D eigenvalue weighted by atomic mass is 19.1. The second-order valence-electron chi connectivity index (χ2n) is 8.32. The van der Waals surface area contributed by atoms with Crippen molar-refractivity contribution >= 4 is 11.8 Å². The quantitative estimate of drug-likeness (QED) is 0.532. The number of benzene rings is 2. The van der Waals surface area contributed by atoms with Crippen LogP contribution in [0.25, 0.3) is 0 Å². The van der Waals surface area contributed by atoms with E-state index in [9.17, 15) is 14.0 Å². The van der Waals surface area contributed by atoms with Gasteiger partial charge in [0.05, 0.1) is 24.2 Å². The van der Waals surface area contributed by atoms with Crippen molar-refractivity contribution in [3.8, 4) is 5.75 Å². The number of amides is 2. The number of morpholine rings is 1. The number of hydrogen-bond donors (Lipinski definition) is 3. The van der Waals surface area contributed by atoms with Gasteiger partial charge in [-0.3, -0.25) is 9.59 Å². The Hall–Kier alpha value is -2.97. The SMILES string of the molecule is CNC(=O)c1cc(C(=O)NCCC[C@@H]2CNCCO2)cc2c1OC(CF)C2c1ccccc1. The van der Waals surface area contributed by atoms with Crippen LogP contribution in [0.4, 0.5) is 4.39 Å². The van der Waals surface area contributed by atoms with Crippen LogP contribution in [0.15, 0.2) is 42.5 Å². The Morgan fingerprint density at radius 1 is 1.18 bits per heavy atom. The predicted molar refractivity (Wildman–Crippen MR) is 123 cm³/mol. The molecule has 0 saturated carbocycles. The lowest BCUT2D eigenvalue weighted by molar-refractivity contribution is 0.0225. The highest BCUT2D eigenvalue weighted by Crippen LogP contribution is 2.45. The maximum absolute atomic E-state index is 13.9. The molecule has 33 heavy (non-hydrogen) atoms. The Morgan fingerprint density at radius 2 is 2.00 bits per heavy atom. The van der Waals surface area contributed by atoms with E-state index in [0.717, 1.165) is 31.5 Å². The number of hydrogen-bond acceptors (Lipinski definition) is 5. The Balaban J connectivity index is 1.55. The number of carbonyl (C=O) groups is 2. The zero-order chi connectivity index (χ0) is 23.2. The highest BCUT2D eigenvalue weighted by molar-refractivity contribution is 6.02. The Kier molecular flexibility index (Phi) is 7.57. The van der Waals surface area contributed by atoms with Crippen molar-refractivity contribution in [3.63, 3.8) is 0 Å². The summed E-state index contributed by atoms with van der Waals surface area (Å²) >= 11 is 0. The third kappa shape index (κ3) is 5.17. The van der Waals surface area contributed by atoms with E-state index in [1.807, 2.05) is 30.3 Å². The van der Waals surface area contributed by atoms with Gasteiger partial charge in [-0.15, -0.1) is 0 Å². The van der Waals surface area contributed by atoms with Gasteiger partial charge in [0.25, 0.3) is 11.8 Å². The second-order valence-corrected chi connectivity index (χ2v) is 8.32. The van der Waals surface area contributed by atoms with Crippen molar-refractivity contribution < 1.29 is 23.5 Å². The molecule has 0 aromatic heterocycles. The molecule has 2 amide bonds. The minimum Gasteiger partial charge on any atom is -0.486 e. The van der Waals surface area contributed by atoms with Gasteiger partial charge in [-0.2, -0.15) is 0 Å². The van der Waals surface area contributed by atoms with E-state index >= 15 is 0 Å². The molecule has 0 bridgehead atoms. The molecule has 2 aliphatic heterocycles. The maximum Gasteiger partial charge on any atom is 0.254 e. The fourth-order valence-corrected chi connectivity index (χ4v) is 4.48. The van der Waals surface area contributed by atoms with Crippen LogP contribution in [-0.2, 0) is 4.74 Å². The van der Waals surface area contributed by atoms with Crippen LogP contribution >= 0.6 is 0 Å². The van der Waals surface area contributed by atoms with E-state index in [2.05, 4.69) is 16.0 Å². The summed E-state index contributed by atoms with van der Waals surface area (Å²) in [4.78, 5) is 25.5. The lowest BCUT2D eigenvalue weighted by Crippen LogP contribution is -2.38. The average Bonchev–Trinajstić information content (AvgIpc) is 3.25. The molecule has 0 aliphatic carbocycles. The van der Waals surface area contributed by atoms with Crippen molar-refractivity contribution in [2.45, 2.75) is 31.0 Å². The highest BCUT2D eigenvalue weighted by Gasteiger charge is 2.39. The smallest absolute Gasteiger partial charge is 0.254 e. The molecule has 2 heterocycles. The largest absolute Gasteiger partial charge is 0.486 e. The van der Waals surface area contributed by atoms with Crippen molar-refractivity contribution in [3.05, 3.63) is 64.7 Å². The Labute approximate surface area is 193 Å². The lowest BCUT2D eigenvalue weighted by Gasteiger charge is -2.23. The monoisotopic (exact) mass is 455 g/mol. The molecule has 7 nitrogen and oxygen atoms in total. The molecule has 8 heteroatoms. The average molecular weight is 456 g/mol. The molecule has 2 aromatic rings. The van der Waals surface area contributed by atoms with Crippen LogP contribution in [0.1, 0.15) is 50.6 Å². The number of nitrogens with one attached hydrogen (secondary N) is 3. The van der Waals surface area contributed by atoms with E-state index in [0.29, 0.717) is 30.0 Å². The third-order valence-electron chi connectivity index (χ3n) is 6.13. The predicted octanol–water partition coefficient (Wildman–Crippen LogP) is 2.41. The van der Waals surface area contributed by atoms with E-state index in [-0.39, 0.29) is 23.5 Å². The Bertz CT molecular complexity index is 979. The number of fused-ring (bicyclic) bond motifs is 1. The minimum atomic E-state index is -0.756. The van der Waals surface area contributed by atoms with Gasteiger partial charge in [0.1, 0.15) is 18.5 Å². The molecule has 0 radical (unpaired) electrons. The van der Waals surface area contributed by atoms with Crippen molar-refractivity contribution in [1.82, 2.24) is 16.0 Å². The number of halogens is 1. The number of rotatable bonds is 8. The van der Waals surface area contributed by atoms with Gasteiger partial charge in [-0.25, -0.2) is 4.39 Å². The summed E-state index contributed by atoms with van der Waals surface area (Å²) in [6.45, 7) is 2.19. The first kappa shape index (κ1) is 23.2. The third-order valence-corrected chi connectivity index (χ3v) is 6.13. The van der Waals surface area contributed by atoms with E-state index in [4.69, 9.17) is 9.47 Å². The molecule has 2 aromatic carbocycles. The molecular formula is C25H30FN3O4. The first-order valence-electron chi connectivity index (χ1n) is 11.4. The van der Waals surface area contributed by atoms with Gasteiger partial charge in [0.2, 0.25) is 0 Å². The molecule has 1 fully saturated rings. The number of ether oxygens (including phenoxy) is 2. The zero-order valence-corrected chi connectivity index (χ0v) is 18.7. The fraction of sp³-hybridized carbons (Fsp3) is 0.440. The van der Waals surface area contributed by atoms with Gasteiger partial charge in [0, 0.05) is 37.8 Å². The zero-order valence-electron chi connectivity index (χ0n) is 18.7. The van der Waals surface area contributed by atoms with Crippen LogP contribution in [0.3, 0.4) is 0 Å². The summed E-state index contributed by atoms with van der Waals surface area (Å²) in [6.07, 6.45) is 1.04. The molecule has 4 rings (SSSR count). The molecule has 3 N–H and O–H groups in total. The number of carbonyl (C=O) groups excluding carboxylic acids is 2. The van der Waals surface area contributed by atoms with Crippen molar-refractivity contribution in [2.24, 2.45) is 0 Å². The van der Waals surface area contributed by atoms with Crippen LogP contribution in [0.2, 0.25) is 0 Å². The van der Waals surface area contributed by atoms with E-state index < -0.39 is 18.7 Å². The molecule has 1 saturated heterocycles. The normalized spacial score (nSPS) is 21.7. The molecule has 176 valence electrons.